The highest BCUT2D eigenvalue weighted by molar-refractivity contribution is 5.97. The second-order valence-electron chi connectivity index (χ2n) is 3.42. The normalized spacial score (nSPS) is 17.9. The van der Waals surface area contributed by atoms with Crippen molar-refractivity contribution in [1.82, 2.24) is 0 Å². The molecule has 0 amide bonds. The van der Waals surface area contributed by atoms with Crippen LogP contribution in [0.3, 0.4) is 0 Å². The molecular formula is C11H14NO4+. The molecule has 0 fully saturated rings. The lowest BCUT2D eigenvalue weighted by atomic mass is 10.1. The summed E-state index contributed by atoms with van der Waals surface area (Å²) in [7, 11) is 4.89. The number of quaternary nitrogens is 1. The predicted molar refractivity (Wildman–Crippen MR) is 55.6 cm³/mol. The highest BCUT2D eigenvalue weighted by atomic mass is 16.6. The standard InChI is InChI=1S/C11H13NO4/c1-12-10-6-4-5-7(14-2)9(15-3)8(6)11(13)16-10/h4-5,10,12H,1-3H3/p+1/t10-/m1/s1. The van der Waals surface area contributed by atoms with E-state index < -0.39 is 0 Å². The molecule has 1 aliphatic rings. The molecule has 1 aliphatic heterocycles. The lowest BCUT2D eigenvalue weighted by Crippen LogP contribution is -2.81. The number of hydrogen-bond donors (Lipinski definition) is 1. The van der Waals surface area contributed by atoms with E-state index in [0.29, 0.717) is 17.1 Å². The Hall–Kier alpha value is -1.75. The second-order valence-corrected chi connectivity index (χ2v) is 3.42. The largest absolute Gasteiger partial charge is 0.493 e. The Balaban J connectivity index is 2.60. The minimum absolute atomic E-state index is 0.290. The van der Waals surface area contributed by atoms with Crippen LogP contribution in [0.15, 0.2) is 12.1 Å². The van der Waals surface area contributed by atoms with Crippen molar-refractivity contribution >= 4 is 5.97 Å². The lowest BCUT2D eigenvalue weighted by molar-refractivity contribution is -0.704. The van der Waals surface area contributed by atoms with Crippen LogP contribution in [0.2, 0.25) is 0 Å². The van der Waals surface area contributed by atoms with Crippen LogP contribution in [0.25, 0.3) is 0 Å². The molecule has 1 atom stereocenters. The minimum atomic E-state index is -0.367. The summed E-state index contributed by atoms with van der Waals surface area (Å²) in [6.07, 6.45) is -0.290. The second kappa shape index (κ2) is 4.02. The number of fused-ring (bicyclic) bond motifs is 1. The summed E-state index contributed by atoms with van der Waals surface area (Å²) in [6, 6.07) is 3.60. The van der Waals surface area contributed by atoms with Gasteiger partial charge in [0.2, 0.25) is 0 Å². The average molecular weight is 224 g/mol. The maximum atomic E-state index is 11.7. The molecule has 5 heteroatoms. The first-order chi connectivity index (χ1) is 7.72. The van der Waals surface area contributed by atoms with Crippen LogP contribution in [0, 0.1) is 0 Å². The molecule has 2 N–H and O–H groups in total. The summed E-state index contributed by atoms with van der Waals surface area (Å²) in [5.74, 6) is 0.609. The summed E-state index contributed by atoms with van der Waals surface area (Å²) in [6.45, 7) is 0. The van der Waals surface area contributed by atoms with Gasteiger partial charge in [0.1, 0.15) is 5.56 Å². The van der Waals surface area contributed by atoms with E-state index in [-0.39, 0.29) is 12.2 Å². The van der Waals surface area contributed by atoms with Crippen LogP contribution in [-0.2, 0) is 4.74 Å². The predicted octanol–water partition coefficient (Wildman–Crippen LogP) is 0.0660. The first kappa shape index (κ1) is 10.8. The quantitative estimate of drug-likeness (QED) is 0.738. The van der Waals surface area contributed by atoms with E-state index in [1.807, 2.05) is 18.4 Å². The van der Waals surface area contributed by atoms with E-state index in [0.717, 1.165) is 5.56 Å². The Labute approximate surface area is 93.3 Å². The van der Waals surface area contributed by atoms with Gasteiger partial charge in [-0.15, -0.1) is 0 Å². The Morgan fingerprint density at radius 3 is 2.62 bits per heavy atom. The lowest BCUT2D eigenvalue weighted by Gasteiger charge is -2.09. The van der Waals surface area contributed by atoms with Crippen molar-refractivity contribution in [2.45, 2.75) is 6.23 Å². The topological polar surface area (TPSA) is 61.4 Å². The van der Waals surface area contributed by atoms with Gasteiger partial charge >= 0.3 is 5.97 Å². The molecule has 2 rings (SSSR count). The highest BCUT2D eigenvalue weighted by Gasteiger charge is 2.37. The number of nitrogens with two attached hydrogens (primary N) is 1. The Morgan fingerprint density at radius 1 is 1.31 bits per heavy atom. The zero-order valence-corrected chi connectivity index (χ0v) is 9.44. The molecule has 0 saturated carbocycles. The number of ether oxygens (including phenoxy) is 3. The van der Waals surface area contributed by atoms with E-state index in [1.165, 1.54) is 14.2 Å². The van der Waals surface area contributed by atoms with Gasteiger partial charge in [0.05, 0.1) is 26.8 Å². The van der Waals surface area contributed by atoms with Gasteiger partial charge in [-0.1, -0.05) is 0 Å². The Morgan fingerprint density at radius 2 is 2.06 bits per heavy atom. The van der Waals surface area contributed by atoms with Gasteiger partial charge in [0.25, 0.3) is 6.23 Å². The number of methoxy groups -OCH3 is 2. The van der Waals surface area contributed by atoms with E-state index in [9.17, 15) is 4.79 Å². The van der Waals surface area contributed by atoms with Gasteiger partial charge in [-0.25, -0.2) is 4.79 Å². The molecule has 0 bridgehead atoms. The SMILES string of the molecule is C[NH2+][C@@H]1OC(=O)c2c1ccc(OC)c2OC. The van der Waals surface area contributed by atoms with Crippen LogP contribution in [0.4, 0.5) is 0 Å². The first-order valence-electron chi connectivity index (χ1n) is 4.98. The molecule has 5 nitrogen and oxygen atoms in total. The van der Waals surface area contributed by atoms with Gasteiger partial charge in [0.15, 0.2) is 11.5 Å². The molecule has 0 spiro atoms. The van der Waals surface area contributed by atoms with Crippen LogP contribution in [0.1, 0.15) is 22.1 Å². The average Bonchev–Trinajstić information content (AvgIpc) is 2.65. The van der Waals surface area contributed by atoms with Gasteiger partial charge in [-0.3, -0.25) is 0 Å². The summed E-state index contributed by atoms with van der Waals surface area (Å²) in [5, 5.41) is 1.83. The molecule has 16 heavy (non-hydrogen) atoms. The third-order valence-electron chi connectivity index (χ3n) is 2.63. The van der Waals surface area contributed by atoms with Crippen molar-refractivity contribution in [3.63, 3.8) is 0 Å². The van der Waals surface area contributed by atoms with Crippen LogP contribution < -0.4 is 14.8 Å². The van der Waals surface area contributed by atoms with Gasteiger partial charge in [0, 0.05) is 0 Å². The van der Waals surface area contributed by atoms with Crippen molar-refractivity contribution < 1.29 is 24.3 Å². The monoisotopic (exact) mass is 224 g/mol. The molecule has 0 saturated heterocycles. The molecule has 1 aromatic carbocycles. The van der Waals surface area contributed by atoms with Crippen molar-refractivity contribution in [2.24, 2.45) is 0 Å². The van der Waals surface area contributed by atoms with Gasteiger partial charge in [-0.05, 0) is 12.1 Å². The molecule has 0 aliphatic carbocycles. The van der Waals surface area contributed by atoms with Crippen LogP contribution in [0.5, 0.6) is 11.5 Å². The molecule has 1 heterocycles. The fourth-order valence-electron chi connectivity index (χ4n) is 1.88. The maximum Gasteiger partial charge on any atom is 0.347 e. The van der Waals surface area contributed by atoms with Gasteiger partial charge in [-0.2, -0.15) is 0 Å². The van der Waals surface area contributed by atoms with E-state index in [1.54, 1.807) is 6.07 Å². The molecule has 86 valence electrons. The maximum absolute atomic E-state index is 11.7. The Bertz CT molecular complexity index is 430. The number of cyclic esters (lactones) is 1. The minimum Gasteiger partial charge on any atom is -0.493 e. The van der Waals surface area contributed by atoms with Crippen LogP contribution in [-0.4, -0.2) is 27.2 Å². The molecule has 0 unspecified atom stereocenters. The number of benzene rings is 1. The van der Waals surface area contributed by atoms with E-state index in [4.69, 9.17) is 14.2 Å². The number of hydrogen-bond acceptors (Lipinski definition) is 4. The zero-order valence-electron chi connectivity index (χ0n) is 9.44. The zero-order chi connectivity index (χ0) is 11.7. The summed E-state index contributed by atoms with van der Waals surface area (Å²) in [4.78, 5) is 11.7. The third-order valence-corrected chi connectivity index (χ3v) is 2.63. The summed E-state index contributed by atoms with van der Waals surface area (Å²) in [5.41, 5.74) is 1.29. The fourth-order valence-corrected chi connectivity index (χ4v) is 1.88. The van der Waals surface area contributed by atoms with E-state index in [2.05, 4.69) is 0 Å². The molecule has 0 aromatic heterocycles. The molecule has 1 aromatic rings. The van der Waals surface area contributed by atoms with E-state index >= 15 is 0 Å². The van der Waals surface area contributed by atoms with Crippen molar-refractivity contribution in [2.75, 3.05) is 21.3 Å². The third kappa shape index (κ3) is 1.40. The van der Waals surface area contributed by atoms with Crippen molar-refractivity contribution in [3.8, 4) is 11.5 Å². The smallest absolute Gasteiger partial charge is 0.347 e. The number of carbonyl (C=O) groups excluding carboxylic acids is 1. The summed E-state index contributed by atoms with van der Waals surface area (Å²) >= 11 is 0. The molecular weight excluding hydrogens is 210 g/mol. The summed E-state index contributed by atoms with van der Waals surface area (Å²) < 4.78 is 15.5. The first-order valence-corrected chi connectivity index (χ1v) is 4.98. The highest BCUT2D eigenvalue weighted by Crippen LogP contribution is 2.39. The van der Waals surface area contributed by atoms with Crippen LogP contribution >= 0.6 is 0 Å². The van der Waals surface area contributed by atoms with Crippen molar-refractivity contribution in [1.29, 1.82) is 0 Å². The molecule has 0 radical (unpaired) electrons. The Kier molecular flexibility index (Phi) is 2.70. The van der Waals surface area contributed by atoms with Gasteiger partial charge < -0.3 is 19.5 Å². The number of rotatable bonds is 3. The fraction of sp³-hybridized carbons (Fsp3) is 0.364. The number of esters is 1. The van der Waals surface area contributed by atoms with Crippen molar-refractivity contribution in [3.05, 3.63) is 23.3 Å². The number of carbonyl (C=O) groups is 1.